The highest BCUT2D eigenvalue weighted by atomic mass is 127. The molecule has 0 spiro atoms. The van der Waals surface area contributed by atoms with E-state index in [0.717, 1.165) is 25.3 Å². The van der Waals surface area contributed by atoms with Crippen LogP contribution in [-0.4, -0.2) is 36.4 Å². The second-order valence-corrected chi connectivity index (χ2v) is 4.88. The molecule has 0 aromatic carbocycles. The molecule has 0 radical (unpaired) electrons. The predicted molar refractivity (Wildman–Crippen MR) is 82.0 cm³/mol. The molecule has 7 heteroatoms. The molecular formula is C12H19IN6. The summed E-state index contributed by atoms with van der Waals surface area (Å²) < 4.78 is 1.85. The molecule has 1 unspecified atom stereocenters. The van der Waals surface area contributed by atoms with Gasteiger partial charge in [0.25, 0.3) is 0 Å². The first kappa shape index (κ1) is 14.4. The number of likely N-dealkylation sites (tertiary alicyclic amines) is 1. The van der Waals surface area contributed by atoms with Crippen LogP contribution < -0.4 is 0 Å². The molecule has 1 N–H and O–H groups in total. The Hall–Kier alpha value is -0.960. The third-order valence-corrected chi connectivity index (χ3v) is 3.51. The zero-order chi connectivity index (χ0) is 12.4. The Labute approximate surface area is 129 Å². The minimum absolute atomic E-state index is 0. The summed E-state index contributed by atoms with van der Waals surface area (Å²) in [5.41, 5.74) is 1.25. The number of hydrogen-bond donors (Lipinski definition) is 1. The maximum Gasteiger partial charge on any atom is 0.141 e. The van der Waals surface area contributed by atoms with Gasteiger partial charge in [0, 0.05) is 25.4 Å². The topological polar surface area (TPSA) is 62.6 Å². The van der Waals surface area contributed by atoms with Gasteiger partial charge in [-0.15, -0.1) is 24.0 Å². The Bertz CT molecular complexity index is 494. The first-order valence-electron chi connectivity index (χ1n) is 6.40. The first-order valence-corrected chi connectivity index (χ1v) is 6.40. The van der Waals surface area contributed by atoms with Gasteiger partial charge in [0.2, 0.25) is 0 Å². The van der Waals surface area contributed by atoms with Gasteiger partial charge in [-0.1, -0.05) is 6.42 Å². The molecule has 6 nitrogen and oxygen atoms in total. The van der Waals surface area contributed by atoms with E-state index in [1.54, 1.807) is 6.33 Å². The number of nitrogens with one attached hydrogen (secondary N) is 1. The standard InChI is InChI=1S/C12H18N6.HI/c1-17-7-10(6-15-17)8-18-5-3-2-4-11(18)12-13-9-14-16-12;/h6-7,9,11H,2-5,8H2,1H3,(H,13,14,16);1H. The van der Waals surface area contributed by atoms with Crippen molar-refractivity contribution < 1.29 is 0 Å². The molecule has 1 aliphatic rings. The van der Waals surface area contributed by atoms with Crippen LogP contribution in [0.1, 0.15) is 36.7 Å². The lowest BCUT2D eigenvalue weighted by Crippen LogP contribution is -2.33. The minimum Gasteiger partial charge on any atom is -0.289 e. The number of rotatable bonds is 3. The number of aromatic nitrogens is 5. The van der Waals surface area contributed by atoms with Crippen LogP contribution in [0, 0.1) is 0 Å². The van der Waals surface area contributed by atoms with E-state index in [2.05, 4.69) is 31.4 Å². The molecule has 1 atom stereocenters. The second kappa shape index (κ2) is 6.47. The normalized spacial score (nSPS) is 20.2. The molecule has 2 aromatic rings. The molecule has 104 valence electrons. The van der Waals surface area contributed by atoms with E-state index in [4.69, 9.17) is 0 Å². The van der Waals surface area contributed by atoms with Crippen LogP contribution in [0.4, 0.5) is 0 Å². The summed E-state index contributed by atoms with van der Waals surface area (Å²) >= 11 is 0. The largest absolute Gasteiger partial charge is 0.289 e. The van der Waals surface area contributed by atoms with Gasteiger partial charge in [0.1, 0.15) is 12.2 Å². The van der Waals surface area contributed by atoms with E-state index in [-0.39, 0.29) is 24.0 Å². The third-order valence-electron chi connectivity index (χ3n) is 3.51. The molecule has 2 aromatic heterocycles. The Balaban J connectivity index is 0.00000133. The first-order chi connectivity index (χ1) is 8.83. The maximum atomic E-state index is 4.31. The number of halogens is 1. The SMILES string of the molecule is Cn1cc(CN2CCCCC2c2ncn[nH]2)cn1.I. The zero-order valence-electron chi connectivity index (χ0n) is 11.0. The number of aryl methyl sites for hydroxylation is 1. The van der Waals surface area contributed by atoms with E-state index in [1.807, 2.05) is 17.9 Å². The molecule has 19 heavy (non-hydrogen) atoms. The van der Waals surface area contributed by atoms with Gasteiger partial charge >= 0.3 is 0 Å². The van der Waals surface area contributed by atoms with Gasteiger partial charge in [0.15, 0.2) is 0 Å². The summed E-state index contributed by atoms with van der Waals surface area (Å²) in [4.78, 5) is 6.77. The number of H-pyrrole nitrogens is 1. The summed E-state index contributed by atoms with van der Waals surface area (Å²) in [5, 5.41) is 11.2. The summed E-state index contributed by atoms with van der Waals surface area (Å²) in [6.45, 7) is 2.04. The van der Waals surface area contributed by atoms with Gasteiger partial charge in [-0.25, -0.2) is 4.98 Å². The smallest absolute Gasteiger partial charge is 0.141 e. The van der Waals surface area contributed by atoms with Crippen LogP contribution >= 0.6 is 24.0 Å². The minimum atomic E-state index is 0. The van der Waals surface area contributed by atoms with Gasteiger partial charge in [-0.2, -0.15) is 10.2 Å². The highest BCUT2D eigenvalue weighted by molar-refractivity contribution is 14.0. The summed E-state index contributed by atoms with van der Waals surface area (Å²) in [7, 11) is 1.95. The second-order valence-electron chi connectivity index (χ2n) is 4.88. The van der Waals surface area contributed by atoms with Crippen molar-refractivity contribution in [3.8, 4) is 0 Å². The lowest BCUT2D eigenvalue weighted by atomic mass is 10.0. The van der Waals surface area contributed by atoms with Crippen molar-refractivity contribution >= 4 is 24.0 Å². The van der Waals surface area contributed by atoms with Crippen molar-refractivity contribution in [3.63, 3.8) is 0 Å². The van der Waals surface area contributed by atoms with Crippen molar-refractivity contribution in [2.45, 2.75) is 31.8 Å². The van der Waals surface area contributed by atoms with Crippen LogP contribution in [0.5, 0.6) is 0 Å². The Morgan fingerprint density at radius 3 is 3.00 bits per heavy atom. The van der Waals surface area contributed by atoms with E-state index in [0.29, 0.717) is 6.04 Å². The molecule has 0 bridgehead atoms. The van der Waals surface area contributed by atoms with E-state index in [9.17, 15) is 0 Å². The Kier molecular flexibility index (Phi) is 4.92. The van der Waals surface area contributed by atoms with Gasteiger partial charge in [-0.3, -0.25) is 14.7 Å². The van der Waals surface area contributed by atoms with Crippen molar-refractivity contribution in [1.82, 2.24) is 29.9 Å². The highest BCUT2D eigenvalue weighted by Gasteiger charge is 2.26. The molecule has 0 aliphatic carbocycles. The molecule has 1 saturated heterocycles. The molecule has 0 amide bonds. The fourth-order valence-corrected chi connectivity index (χ4v) is 2.65. The van der Waals surface area contributed by atoms with E-state index in [1.165, 1.54) is 18.4 Å². The number of piperidine rings is 1. The average Bonchev–Trinajstić information content (AvgIpc) is 3.02. The van der Waals surface area contributed by atoms with Crippen LogP contribution in [-0.2, 0) is 13.6 Å². The Morgan fingerprint density at radius 2 is 2.32 bits per heavy atom. The molecule has 3 rings (SSSR count). The fraction of sp³-hybridized carbons (Fsp3) is 0.583. The van der Waals surface area contributed by atoms with Crippen molar-refractivity contribution in [2.24, 2.45) is 7.05 Å². The molecular weight excluding hydrogens is 355 g/mol. The number of aromatic amines is 1. The number of hydrogen-bond acceptors (Lipinski definition) is 4. The number of nitrogens with zero attached hydrogens (tertiary/aromatic N) is 5. The van der Waals surface area contributed by atoms with E-state index < -0.39 is 0 Å². The van der Waals surface area contributed by atoms with Crippen LogP contribution in [0.25, 0.3) is 0 Å². The fourth-order valence-electron chi connectivity index (χ4n) is 2.65. The van der Waals surface area contributed by atoms with Crippen molar-refractivity contribution in [3.05, 3.63) is 30.1 Å². The van der Waals surface area contributed by atoms with E-state index >= 15 is 0 Å². The molecule has 1 fully saturated rings. The Morgan fingerprint density at radius 1 is 1.42 bits per heavy atom. The monoisotopic (exact) mass is 374 g/mol. The van der Waals surface area contributed by atoms with Gasteiger partial charge < -0.3 is 0 Å². The summed E-state index contributed by atoms with van der Waals surface area (Å²) in [6, 6.07) is 0.362. The summed E-state index contributed by atoms with van der Waals surface area (Å²) in [6.07, 6.45) is 9.26. The molecule has 1 aliphatic heterocycles. The van der Waals surface area contributed by atoms with Gasteiger partial charge in [0.05, 0.1) is 12.2 Å². The maximum absolute atomic E-state index is 4.31. The molecule has 3 heterocycles. The van der Waals surface area contributed by atoms with Crippen LogP contribution in [0.3, 0.4) is 0 Å². The van der Waals surface area contributed by atoms with Crippen molar-refractivity contribution in [2.75, 3.05) is 6.54 Å². The highest BCUT2D eigenvalue weighted by Crippen LogP contribution is 2.29. The lowest BCUT2D eigenvalue weighted by molar-refractivity contribution is 0.134. The summed E-state index contributed by atoms with van der Waals surface area (Å²) in [5.74, 6) is 0.985. The van der Waals surface area contributed by atoms with Crippen LogP contribution in [0.2, 0.25) is 0 Å². The molecule has 0 saturated carbocycles. The third kappa shape index (κ3) is 3.33. The average molecular weight is 374 g/mol. The zero-order valence-corrected chi connectivity index (χ0v) is 13.3. The van der Waals surface area contributed by atoms with Gasteiger partial charge in [-0.05, 0) is 19.4 Å². The van der Waals surface area contributed by atoms with Crippen LogP contribution in [0.15, 0.2) is 18.7 Å². The van der Waals surface area contributed by atoms with Crippen molar-refractivity contribution in [1.29, 1.82) is 0 Å². The quantitative estimate of drug-likeness (QED) is 0.834. The predicted octanol–water partition coefficient (Wildman–Crippen LogP) is 1.88. The lowest BCUT2D eigenvalue weighted by Gasteiger charge is -2.33.